The first-order valence-corrected chi connectivity index (χ1v) is 3.89. The second-order valence-electron chi connectivity index (χ2n) is 2.11. The molecule has 0 atom stereocenters. The molecule has 2 N–H and O–H groups in total. The standard InChI is InChI=1S/C6H7BrN2O2/c7-5-3-4(8-9-5)1-2-6(10)11/h3H,1-2H2,(H,8,9)(H,10,11). The Morgan fingerprint density at radius 3 is 3.00 bits per heavy atom. The number of aliphatic carboxylic acids is 1. The summed E-state index contributed by atoms with van der Waals surface area (Å²) in [6.07, 6.45) is 0.628. The Morgan fingerprint density at radius 2 is 2.55 bits per heavy atom. The average Bonchev–Trinajstić information content (AvgIpc) is 2.31. The zero-order chi connectivity index (χ0) is 8.27. The van der Waals surface area contributed by atoms with E-state index in [2.05, 4.69) is 26.1 Å². The summed E-state index contributed by atoms with van der Waals surface area (Å²) in [6.45, 7) is 0. The topological polar surface area (TPSA) is 66.0 Å². The molecule has 0 amide bonds. The maximum atomic E-state index is 10.1. The van der Waals surface area contributed by atoms with Crippen molar-refractivity contribution in [3.8, 4) is 0 Å². The predicted molar refractivity (Wildman–Crippen MR) is 42.2 cm³/mol. The molecule has 11 heavy (non-hydrogen) atoms. The average molecular weight is 219 g/mol. The van der Waals surface area contributed by atoms with Crippen molar-refractivity contribution in [1.82, 2.24) is 10.2 Å². The number of carboxylic acid groups (broad SMARTS) is 1. The number of aromatic amines is 1. The third-order valence-electron chi connectivity index (χ3n) is 1.21. The van der Waals surface area contributed by atoms with Crippen LogP contribution in [0.5, 0.6) is 0 Å². The molecule has 0 aliphatic carbocycles. The van der Waals surface area contributed by atoms with Crippen molar-refractivity contribution in [2.45, 2.75) is 12.8 Å². The van der Waals surface area contributed by atoms with Gasteiger partial charge in [0.15, 0.2) is 0 Å². The largest absolute Gasteiger partial charge is 0.481 e. The van der Waals surface area contributed by atoms with E-state index in [-0.39, 0.29) is 6.42 Å². The highest BCUT2D eigenvalue weighted by Gasteiger charge is 2.01. The Bertz CT molecular complexity index is 259. The maximum Gasteiger partial charge on any atom is 0.303 e. The fourth-order valence-corrected chi connectivity index (χ4v) is 1.07. The van der Waals surface area contributed by atoms with Crippen molar-refractivity contribution in [2.24, 2.45) is 0 Å². The molecule has 60 valence electrons. The summed E-state index contributed by atoms with van der Waals surface area (Å²) in [6, 6.07) is 1.77. The first kappa shape index (κ1) is 8.26. The molecule has 0 aliphatic heterocycles. The second-order valence-corrected chi connectivity index (χ2v) is 2.92. The Hall–Kier alpha value is -0.840. The van der Waals surface area contributed by atoms with Crippen LogP contribution in [-0.2, 0) is 11.2 Å². The molecule has 4 nitrogen and oxygen atoms in total. The van der Waals surface area contributed by atoms with E-state index >= 15 is 0 Å². The molecule has 0 saturated carbocycles. The molecule has 1 rings (SSSR count). The molecular weight excluding hydrogens is 212 g/mol. The smallest absolute Gasteiger partial charge is 0.303 e. The van der Waals surface area contributed by atoms with Gasteiger partial charge in [-0.25, -0.2) is 0 Å². The first-order valence-electron chi connectivity index (χ1n) is 3.10. The summed E-state index contributed by atoms with van der Waals surface area (Å²) in [5.74, 6) is -0.796. The number of nitrogens with one attached hydrogen (secondary N) is 1. The lowest BCUT2D eigenvalue weighted by atomic mass is 10.2. The highest BCUT2D eigenvalue weighted by atomic mass is 79.9. The van der Waals surface area contributed by atoms with Crippen LogP contribution in [0.1, 0.15) is 12.1 Å². The fourth-order valence-electron chi connectivity index (χ4n) is 0.703. The molecule has 0 aromatic carbocycles. The number of hydrogen-bond donors (Lipinski definition) is 2. The summed E-state index contributed by atoms with van der Waals surface area (Å²) >= 11 is 3.15. The van der Waals surface area contributed by atoms with Crippen molar-refractivity contribution < 1.29 is 9.90 Å². The van der Waals surface area contributed by atoms with Crippen LogP contribution in [0.3, 0.4) is 0 Å². The lowest BCUT2D eigenvalue weighted by Crippen LogP contribution is -1.97. The van der Waals surface area contributed by atoms with Crippen LogP contribution < -0.4 is 0 Å². The third-order valence-corrected chi connectivity index (χ3v) is 1.61. The van der Waals surface area contributed by atoms with Gasteiger partial charge in [-0.1, -0.05) is 0 Å². The van der Waals surface area contributed by atoms with E-state index in [0.29, 0.717) is 11.0 Å². The van der Waals surface area contributed by atoms with Gasteiger partial charge in [-0.15, -0.1) is 0 Å². The maximum absolute atomic E-state index is 10.1. The monoisotopic (exact) mass is 218 g/mol. The van der Waals surface area contributed by atoms with Crippen LogP contribution in [0, 0.1) is 0 Å². The highest BCUT2D eigenvalue weighted by molar-refractivity contribution is 9.10. The number of H-pyrrole nitrogens is 1. The Kier molecular flexibility index (Phi) is 2.64. The predicted octanol–water partition coefficient (Wildman–Crippen LogP) is 1.19. The lowest BCUT2D eigenvalue weighted by molar-refractivity contribution is -0.136. The number of aryl methyl sites for hydroxylation is 1. The van der Waals surface area contributed by atoms with E-state index in [9.17, 15) is 4.79 Å². The number of carboxylic acids is 1. The minimum atomic E-state index is -0.796. The third kappa shape index (κ3) is 2.71. The van der Waals surface area contributed by atoms with Crippen LogP contribution in [0.4, 0.5) is 0 Å². The molecule has 1 aromatic heterocycles. The Balaban J connectivity index is 2.45. The van der Waals surface area contributed by atoms with E-state index in [0.717, 1.165) is 5.69 Å². The molecule has 0 spiro atoms. The molecule has 1 heterocycles. The molecule has 0 unspecified atom stereocenters. The summed E-state index contributed by atoms with van der Waals surface area (Å²) in [4.78, 5) is 10.1. The second kappa shape index (κ2) is 3.52. The van der Waals surface area contributed by atoms with Gasteiger partial charge >= 0.3 is 5.97 Å². The highest BCUT2D eigenvalue weighted by Crippen LogP contribution is 2.07. The van der Waals surface area contributed by atoms with Gasteiger partial charge in [0.05, 0.1) is 6.42 Å². The minimum absolute atomic E-state index is 0.134. The van der Waals surface area contributed by atoms with Gasteiger partial charge < -0.3 is 5.11 Å². The van der Waals surface area contributed by atoms with Crippen LogP contribution in [0.25, 0.3) is 0 Å². The zero-order valence-electron chi connectivity index (χ0n) is 5.67. The van der Waals surface area contributed by atoms with Crippen molar-refractivity contribution >= 4 is 21.9 Å². The van der Waals surface area contributed by atoms with E-state index in [1.54, 1.807) is 6.07 Å². The normalized spacial score (nSPS) is 9.91. The van der Waals surface area contributed by atoms with E-state index < -0.39 is 5.97 Å². The van der Waals surface area contributed by atoms with Gasteiger partial charge in [-0.2, -0.15) is 5.10 Å². The summed E-state index contributed by atoms with van der Waals surface area (Å²) in [7, 11) is 0. The van der Waals surface area contributed by atoms with Crippen molar-refractivity contribution in [1.29, 1.82) is 0 Å². The van der Waals surface area contributed by atoms with Crippen molar-refractivity contribution in [3.05, 3.63) is 16.4 Å². The van der Waals surface area contributed by atoms with Gasteiger partial charge in [0.25, 0.3) is 0 Å². The number of nitrogens with zero attached hydrogens (tertiary/aromatic N) is 1. The number of rotatable bonds is 3. The lowest BCUT2D eigenvalue weighted by Gasteiger charge is -1.89. The summed E-state index contributed by atoms with van der Waals surface area (Å²) in [5, 5.41) is 14.8. The van der Waals surface area contributed by atoms with Crippen LogP contribution >= 0.6 is 15.9 Å². The van der Waals surface area contributed by atoms with E-state index in [4.69, 9.17) is 5.11 Å². The fraction of sp³-hybridized carbons (Fsp3) is 0.333. The molecule has 0 radical (unpaired) electrons. The Labute approximate surface area is 71.7 Å². The van der Waals surface area contributed by atoms with Crippen LogP contribution in [0.2, 0.25) is 0 Å². The van der Waals surface area contributed by atoms with Gasteiger partial charge in [-0.3, -0.25) is 9.89 Å². The summed E-state index contributed by atoms with van der Waals surface area (Å²) < 4.78 is 0.706. The number of halogens is 1. The zero-order valence-corrected chi connectivity index (χ0v) is 7.26. The van der Waals surface area contributed by atoms with Crippen LogP contribution in [0.15, 0.2) is 10.7 Å². The van der Waals surface area contributed by atoms with Gasteiger partial charge in [0, 0.05) is 5.69 Å². The molecule has 0 fully saturated rings. The van der Waals surface area contributed by atoms with Crippen molar-refractivity contribution in [3.63, 3.8) is 0 Å². The minimum Gasteiger partial charge on any atom is -0.481 e. The van der Waals surface area contributed by atoms with E-state index in [1.807, 2.05) is 0 Å². The van der Waals surface area contributed by atoms with E-state index in [1.165, 1.54) is 0 Å². The summed E-state index contributed by atoms with van der Waals surface area (Å²) in [5.41, 5.74) is 0.833. The Morgan fingerprint density at radius 1 is 1.82 bits per heavy atom. The molecular formula is C6H7BrN2O2. The van der Waals surface area contributed by atoms with Gasteiger partial charge in [0.2, 0.25) is 0 Å². The van der Waals surface area contributed by atoms with Crippen LogP contribution in [-0.4, -0.2) is 21.3 Å². The van der Waals surface area contributed by atoms with Gasteiger partial charge in [0.1, 0.15) is 4.60 Å². The number of carbonyl (C=O) groups is 1. The SMILES string of the molecule is O=C(O)CCc1cc(Br)n[nH]1. The first-order chi connectivity index (χ1) is 5.18. The molecule has 5 heteroatoms. The number of hydrogen-bond acceptors (Lipinski definition) is 2. The quantitative estimate of drug-likeness (QED) is 0.802. The molecule has 0 saturated heterocycles. The number of aromatic nitrogens is 2. The van der Waals surface area contributed by atoms with Gasteiger partial charge in [-0.05, 0) is 28.4 Å². The molecule has 1 aromatic rings. The van der Waals surface area contributed by atoms with Crippen molar-refractivity contribution in [2.75, 3.05) is 0 Å². The molecule has 0 aliphatic rings. The molecule has 0 bridgehead atoms.